The van der Waals surface area contributed by atoms with Gasteiger partial charge in [-0.15, -0.1) is 0 Å². The van der Waals surface area contributed by atoms with E-state index in [2.05, 4.69) is 34.2 Å². The standard InChI is InChI=1S/C26H37N5O4/c1-17(2)23-28-26(35-29-23)31-13-9-19(10-14-31)6-5-15-34-20-7-8-21(18(3)16-20)24(32)27-22-11-12-30(4)25(22)33/h7-8,16-17,19,22H,5-6,9-15H2,1-4H3,(H,27,32)/t22-/m0/s1. The molecule has 2 amide bonds. The number of piperidine rings is 1. The maximum Gasteiger partial charge on any atom is 0.324 e. The van der Waals surface area contributed by atoms with Crippen molar-refractivity contribution in [3.63, 3.8) is 0 Å². The molecule has 2 aromatic rings. The SMILES string of the molecule is Cc1cc(OCCCC2CCN(c3nc(C(C)C)no3)CC2)ccc1C(=O)N[C@H]1CCN(C)C1=O. The monoisotopic (exact) mass is 483 g/mol. The average molecular weight is 484 g/mol. The number of rotatable bonds is 9. The fraction of sp³-hybridized carbons (Fsp3) is 0.615. The number of likely N-dealkylation sites (N-methyl/N-ethyl adjacent to an activating group) is 1. The second-order valence-corrected chi connectivity index (χ2v) is 10.1. The van der Waals surface area contributed by atoms with Gasteiger partial charge < -0.3 is 24.4 Å². The number of nitrogens with zero attached hydrogens (tertiary/aromatic N) is 4. The van der Waals surface area contributed by atoms with Gasteiger partial charge in [-0.1, -0.05) is 19.0 Å². The minimum atomic E-state index is -0.431. The zero-order valence-corrected chi connectivity index (χ0v) is 21.2. The van der Waals surface area contributed by atoms with E-state index in [0.29, 0.717) is 37.1 Å². The van der Waals surface area contributed by atoms with E-state index >= 15 is 0 Å². The number of aryl methyl sites for hydroxylation is 1. The Morgan fingerprint density at radius 2 is 2.00 bits per heavy atom. The first kappa shape index (κ1) is 25.0. The van der Waals surface area contributed by atoms with Crippen LogP contribution in [0.4, 0.5) is 6.01 Å². The number of anilines is 1. The maximum absolute atomic E-state index is 12.6. The summed E-state index contributed by atoms with van der Waals surface area (Å²) in [6.07, 6.45) is 4.99. The summed E-state index contributed by atoms with van der Waals surface area (Å²) in [6, 6.07) is 5.72. The van der Waals surface area contributed by atoms with Crippen molar-refractivity contribution in [1.82, 2.24) is 20.4 Å². The molecule has 190 valence electrons. The summed E-state index contributed by atoms with van der Waals surface area (Å²) >= 11 is 0. The van der Waals surface area contributed by atoms with Gasteiger partial charge in [-0.25, -0.2) is 0 Å². The quantitative estimate of drug-likeness (QED) is 0.545. The van der Waals surface area contributed by atoms with E-state index in [1.54, 1.807) is 18.0 Å². The Morgan fingerprint density at radius 3 is 2.63 bits per heavy atom. The van der Waals surface area contributed by atoms with Crippen LogP contribution in [-0.2, 0) is 4.79 Å². The molecule has 0 bridgehead atoms. The highest BCUT2D eigenvalue weighted by molar-refractivity contribution is 5.99. The molecule has 35 heavy (non-hydrogen) atoms. The number of amides is 2. The zero-order valence-electron chi connectivity index (χ0n) is 21.2. The second-order valence-electron chi connectivity index (χ2n) is 10.1. The molecular weight excluding hydrogens is 446 g/mol. The predicted octanol–water partition coefficient (Wildman–Crippen LogP) is 3.54. The molecule has 9 heteroatoms. The minimum Gasteiger partial charge on any atom is -0.494 e. The third kappa shape index (κ3) is 6.13. The van der Waals surface area contributed by atoms with Gasteiger partial charge in [-0.05, 0) is 68.7 Å². The van der Waals surface area contributed by atoms with Crippen LogP contribution >= 0.6 is 0 Å². The van der Waals surface area contributed by atoms with E-state index in [1.165, 1.54) is 0 Å². The Kier molecular flexibility index (Phi) is 7.93. The highest BCUT2D eigenvalue weighted by atomic mass is 16.5. The van der Waals surface area contributed by atoms with E-state index < -0.39 is 6.04 Å². The largest absolute Gasteiger partial charge is 0.494 e. The summed E-state index contributed by atoms with van der Waals surface area (Å²) in [4.78, 5) is 33.0. The summed E-state index contributed by atoms with van der Waals surface area (Å²) in [5.41, 5.74) is 1.42. The van der Waals surface area contributed by atoms with Crippen LogP contribution in [0.3, 0.4) is 0 Å². The molecule has 0 unspecified atom stereocenters. The Bertz CT molecular complexity index is 1030. The van der Waals surface area contributed by atoms with Crippen LogP contribution < -0.4 is 15.0 Å². The highest BCUT2D eigenvalue weighted by Crippen LogP contribution is 2.26. The molecule has 1 N–H and O–H groups in total. The first-order chi connectivity index (χ1) is 16.8. The molecule has 0 spiro atoms. The minimum absolute atomic E-state index is 0.0310. The zero-order chi connectivity index (χ0) is 24.9. The first-order valence-corrected chi connectivity index (χ1v) is 12.7. The van der Waals surface area contributed by atoms with Gasteiger partial charge in [0.2, 0.25) is 5.91 Å². The van der Waals surface area contributed by atoms with Crippen molar-refractivity contribution in [1.29, 1.82) is 0 Å². The van der Waals surface area contributed by atoms with Crippen molar-refractivity contribution in [3.8, 4) is 5.75 Å². The molecule has 9 nitrogen and oxygen atoms in total. The van der Waals surface area contributed by atoms with Crippen molar-refractivity contribution >= 4 is 17.8 Å². The van der Waals surface area contributed by atoms with Crippen LogP contribution in [0.5, 0.6) is 5.75 Å². The fourth-order valence-corrected chi connectivity index (χ4v) is 4.74. The number of hydrogen-bond acceptors (Lipinski definition) is 7. The van der Waals surface area contributed by atoms with Gasteiger partial charge in [0.15, 0.2) is 5.82 Å². The molecule has 1 aromatic heterocycles. The average Bonchev–Trinajstić information content (AvgIpc) is 3.46. The number of aromatic nitrogens is 2. The first-order valence-electron chi connectivity index (χ1n) is 12.7. The number of benzene rings is 1. The van der Waals surface area contributed by atoms with Crippen molar-refractivity contribution in [2.75, 3.05) is 38.2 Å². The number of ether oxygens (including phenoxy) is 1. The Balaban J connectivity index is 1.17. The number of nitrogens with one attached hydrogen (secondary N) is 1. The summed E-state index contributed by atoms with van der Waals surface area (Å²) < 4.78 is 11.4. The van der Waals surface area contributed by atoms with E-state index in [4.69, 9.17) is 9.26 Å². The van der Waals surface area contributed by atoms with Gasteiger partial charge in [0.25, 0.3) is 5.91 Å². The molecular formula is C26H37N5O4. The summed E-state index contributed by atoms with van der Waals surface area (Å²) in [7, 11) is 1.76. The van der Waals surface area contributed by atoms with Crippen LogP contribution in [0.1, 0.15) is 73.6 Å². The lowest BCUT2D eigenvalue weighted by Gasteiger charge is -2.30. The van der Waals surface area contributed by atoms with Gasteiger partial charge in [0.05, 0.1) is 6.61 Å². The van der Waals surface area contributed by atoms with E-state index in [-0.39, 0.29) is 17.7 Å². The second kappa shape index (κ2) is 11.1. The van der Waals surface area contributed by atoms with Gasteiger partial charge >= 0.3 is 6.01 Å². The lowest BCUT2D eigenvalue weighted by atomic mass is 9.92. The van der Waals surface area contributed by atoms with Crippen molar-refractivity contribution in [3.05, 3.63) is 35.2 Å². The topological polar surface area (TPSA) is 101 Å². The van der Waals surface area contributed by atoms with Crippen LogP contribution in [0.2, 0.25) is 0 Å². The Hall–Kier alpha value is -3.10. The normalized spacial score (nSPS) is 19.0. The Morgan fingerprint density at radius 1 is 1.23 bits per heavy atom. The van der Waals surface area contributed by atoms with Crippen LogP contribution in [0, 0.1) is 12.8 Å². The molecule has 1 aromatic carbocycles. The highest BCUT2D eigenvalue weighted by Gasteiger charge is 2.30. The molecule has 2 aliphatic heterocycles. The van der Waals surface area contributed by atoms with E-state index in [1.807, 2.05) is 19.1 Å². The molecule has 0 radical (unpaired) electrons. The molecule has 4 rings (SSSR count). The molecule has 2 fully saturated rings. The number of carbonyl (C=O) groups excluding carboxylic acids is 2. The van der Waals surface area contributed by atoms with Crippen molar-refractivity contribution in [2.24, 2.45) is 5.92 Å². The van der Waals surface area contributed by atoms with Gasteiger partial charge in [-0.3, -0.25) is 9.59 Å². The van der Waals surface area contributed by atoms with Crippen LogP contribution in [0.15, 0.2) is 22.7 Å². The van der Waals surface area contributed by atoms with Gasteiger partial charge in [0, 0.05) is 38.2 Å². The van der Waals surface area contributed by atoms with Crippen LogP contribution in [0.25, 0.3) is 0 Å². The third-order valence-electron chi connectivity index (χ3n) is 7.03. The lowest BCUT2D eigenvalue weighted by Crippen LogP contribution is -2.40. The number of hydrogen-bond donors (Lipinski definition) is 1. The molecule has 2 aliphatic rings. The summed E-state index contributed by atoms with van der Waals surface area (Å²) in [5, 5.41) is 6.92. The molecule has 2 saturated heterocycles. The lowest BCUT2D eigenvalue weighted by molar-refractivity contribution is -0.128. The number of carbonyl (C=O) groups is 2. The predicted molar refractivity (Wildman–Crippen MR) is 133 cm³/mol. The molecule has 0 saturated carbocycles. The maximum atomic E-state index is 12.6. The molecule has 3 heterocycles. The summed E-state index contributed by atoms with van der Waals surface area (Å²) in [5.74, 6) is 2.23. The number of likely N-dealkylation sites (tertiary alicyclic amines) is 1. The van der Waals surface area contributed by atoms with Crippen molar-refractivity contribution < 1.29 is 18.8 Å². The third-order valence-corrected chi connectivity index (χ3v) is 7.03. The van der Waals surface area contributed by atoms with Gasteiger partial charge in [0.1, 0.15) is 11.8 Å². The smallest absolute Gasteiger partial charge is 0.324 e. The van der Waals surface area contributed by atoms with E-state index in [0.717, 1.165) is 55.9 Å². The molecule has 0 aliphatic carbocycles. The van der Waals surface area contributed by atoms with E-state index in [9.17, 15) is 9.59 Å². The van der Waals surface area contributed by atoms with Crippen LogP contribution in [-0.4, -0.2) is 66.2 Å². The fourth-order valence-electron chi connectivity index (χ4n) is 4.74. The Labute approximate surface area is 207 Å². The summed E-state index contributed by atoms with van der Waals surface area (Å²) in [6.45, 7) is 9.23. The van der Waals surface area contributed by atoms with Crippen molar-refractivity contribution in [2.45, 2.75) is 64.8 Å². The van der Waals surface area contributed by atoms with Gasteiger partial charge in [-0.2, -0.15) is 4.98 Å². The molecule has 1 atom stereocenters.